The number of benzene rings is 1. The van der Waals surface area contributed by atoms with Gasteiger partial charge in [0.2, 0.25) is 10.0 Å². The van der Waals surface area contributed by atoms with E-state index in [1.54, 1.807) is 13.8 Å². The summed E-state index contributed by atoms with van der Waals surface area (Å²) < 4.78 is 31.5. The van der Waals surface area contributed by atoms with E-state index in [9.17, 15) is 18.5 Å². The van der Waals surface area contributed by atoms with Gasteiger partial charge in [0.05, 0.1) is 16.9 Å². The Kier molecular flexibility index (Phi) is 4.69. The second-order valence-corrected chi connectivity index (χ2v) is 6.47. The Bertz CT molecular complexity index is 612. The summed E-state index contributed by atoms with van der Waals surface area (Å²) in [6, 6.07) is 3.43. The third-order valence-corrected chi connectivity index (χ3v) is 4.27. The van der Waals surface area contributed by atoms with E-state index in [1.165, 1.54) is 19.2 Å². The van der Waals surface area contributed by atoms with E-state index in [0.29, 0.717) is 0 Å². The normalized spacial score (nSPS) is 12.2. The minimum Gasteiger partial charge on any atom is -0.490 e. The number of rotatable bonds is 6. The van der Waals surface area contributed by atoms with Crippen LogP contribution in [0.1, 0.15) is 13.8 Å². The molecular formula is C11H17N3O5S. The van der Waals surface area contributed by atoms with Crippen molar-refractivity contribution in [2.75, 3.05) is 13.7 Å². The van der Waals surface area contributed by atoms with Gasteiger partial charge in [0.25, 0.3) is 0 Å². The van der Waals surface area contributed by atoms with E-state index >= 15 is 0 Å². The summed E-state index contributed by atoms with van der Waals surface area (Å²) in [7, 11) is -2.63. The second kappa shape index (κ2) is 5.73. The van der Waals surface area contributed by atoms with E-state index in [0.717, 1.165) is 6.07 Å². The lowest BCUT2D eigenvalue weighted by Crippen LogP contribution is -2.48. The summed E-state index contributed by atoms with van der Waals surface area (Å²) in [6.45, 7) is 3.31. The summed E-state index contributed by atoms with van der Waals surface area (Å²) in [4.78, 5) is 9.97. The van der Waals surface area contributed by atoms with Gasteiger partial charge in [-0.25, -0.2) is 13.1 Å². The molecule has 0 aliphatic rings. The van der Waals surface area contributed by atoms with Gasteiger partial charge in [0, 0.05) is 18.2 Å². The topological polar surface area (TPSA) is 125 Å². The Morgan fingerprint density at radius 3 is 2.50 bits per heavy atom. The average molecular weight is 303 g/mol. The predicted molar refractivity (Wildman–Crippen MR) is 73.1 cm³/mol. The first-order chi connectivity index (χ1) is 9.13. The van der Waals surface area contributed by atoms with Crippen molar-refractivity contribution in [2.24, 2.45) is 5.73 Å². The molecule has 3 N–H and O–H groups in total. The van der Waals surface area contributed by atoms with Crippen molar-refractivity contribution in [3.8, 4) is 5.75 Å². The molecule has 0 fully saturated rings. The first-order valence-electron chi connectivity index (χ1n) is 5.69. The largest absolute Gasteiger partial charge is 0.490 e. The highest BCUT2D eigenvalue weighted by Crippen LogP contribution is 2.29. The minimum absolute atomic E-state index is 0.00737. The summed E-state index contributed by atoms with van der Waals surface area (Å²) in [5.74, 6) is -0.00737. The quantitative estimate of drug-likeness (QED) is 0.586. The van der Waals surface area contributed by atoms with Crippen LogP contribution in [-0.2, 0) is 10.0 Å². The SMILES string of the molecule is COc1ccc(S(=O)(=O)NC(C)(C)CN)cc1[N+](=O)[O-]. The highest BCUT2D eigenvalue weighted by atomic mass is 32.2. The first-order valence-corrected chi connectivity index (χ1v) is 7.18. The number of nitro benzene ring substituents is 1. The summed E-state index contributed by atoms with van der Waals surface area (Å²) in [5, 5.41) is 10.9. The monoisotopic (exact) mass is 303 g/mol. The van der Waals surface area contributed by atoms with Crippen LogP contribution in [0.25, 0.3) is 0 Å². The molecule has 0 heterocycles. The molecule has 20 heavy (non-hydrogen) atoms. The third-order valence-electron chi connectivity index (χ3n) is 2.58. The highest BCUT2D eigenvalue weighted by molar-refractivity contribution is 7.89. The van der Waals surface area contributed by atoms with Crippen molar-refractivity contribution in [1.29, 1.82) is 0 Å². The van der Waals surface area contributed by atoms with Gasteiger partial charge < -0.3 is 10.5 Å². The fourth-order valence-corrected chi connectivity index (χ4v) is 2.89. The molecule has 9 heteroatoms. The molecule has 1 rings (SSSR count). The van der Waals surface area contributed by atoms with Crippen LogP contribution in [0.3, 0.4) is 0 Å². The zero-order valence-electron chi connectivity index (χ0n) is 11.4. The van der Waals surface area contributed by atoms with Crippen LogP contribution in [0, 0.1) is 10.1 Å². The van der Waals surface area contributed by atoms with Gasteiger partial charge in [0.15, 0.2) is 5.75 Å². The number of sulfonamides is 1. The third kappa shape index (κ3) is 3.65. The Balaban J connectivity index is 3.27. The lowest BCUT2D eigenvalue weighted by Gasteiger charge is -2.23. The number of nitrogens with one attached hydrogen (secondary N) is 1. The number of ether oxygens (including phenoxy) is 1. The number of nitrogens with zero attached hydrogens (tertiary/aromatic N) is 1. The molecular weight excluding hydrogens is 286 g/mol. The van der Waals surface area contributed by atoms with Crippen molar-refractivity contribution >= 4 is 15.7 Å². The van der Waals surface area contributed by atoms with Crippen molar-refractivity contribution in [3.05, 3.63) is 28.3 Å². The lowest BCUT2D eigenvalue weighted by molar-refractivity contribution is -0.386. The van der Waals surface area contributed by atoms with Crippen LogP contribution in [0.15, 0.2) is 23.1 Å². The van der Waals surface area contributed by atoms with Crippen LogP contribution < -0.4 is 15.2 Å². The van der Waals surface area contributed by atoms with Gasteiger partial charge in [-0.2, -0.15) is 0 Å². The van der Waals surface area contributed by atoms with E-state index in [2.05, 4.69) is 4.72 Å². The Morgan fingerprint density at radius 1 is 1.45 bits per heavy atom. The molecule has 0 amide bonds. The van der Waals surface area contributed by atoms with Crippen molar-refractivity contribution in [3.63, 3.8) is 0 Å². The number of hydrogen-bond donors (Lipinski definition) is 2. The maximum absolute atomic E-state index is 12.2. The van der Waals surface area contributed by atoms with Crippen LogP contribution >= 0.6 is 0 Å². The molecule has 8 nitrogen and oxygen atoms in total. The maximum atomic E-state index is 12.2. The number of nitro groups is 1. The van der Waals surface area contributed by atoms with Gasteiger partial charge in [-0.1, -0.05) is 0 Å². The number of nitrogens with two attached hydrogens (primary N) is 1. The summed E-state index contributed by atoms with van der Waals surface area (Å²) >= 11 is 0. The van der Waals surface area contributed by atoms with Crippen LogP contribution in [0.2, 0.25) is 0 Å². The Hall–Kier alpha value is -1.71. The van der Waals surface area contributed by atoms with Crippen LogP contribution in [-0.4, -0.2) is 32.5 Å². The Labute approximate surface area is 117 Å². The van der Waals surface area contributed by atoms with E-state index in [1.807, 2.05) is 0 Å². The van der Waals surface area contributed by atoms with Gasteiger partial charge >= 0.3 is 5.69 Å². The second-order valence-electron chi connectivity index (χ2n) is 4.78. The highest BCUT2D eigenvalue weighted by Gasteiger charge is 2.27. The van der Waals surface area contributed by atoms with Crippen LogP contribution in [0.5, 0.6) is 5.75 Å². The van der Waals surface area contributed by atoms with Crippen molar-refractivity contribution in [2.45, 2.75) is 24.3 Å². The molecule has 0 saturated heterocycles. The molecule has 0 aromatic heterocycles. The molecule has 0 aliphatic carbocycles. The molecule has 1 aromatic rings. The molecule has 0 bridgehead atoms. The zero-order valence-corrected chi connectivity index (χ0v) is 12.2. The molecule has 0 saturated carbocycles. The molecule has 0 unspecified atom stereocenters. The minimum atomic E-state index is -3.90. The molecule has 112 valence electrons. The number of hydrogen-bond acceptors (Lipinski definition) is 6. The predicted octanol–water partition coefficient (Wildman–Crippen LogP) is 0.619. The fraction of sp³-hybridized carbons (Fsp3) is 0.455. The van der Waals surface area contributed by atoms with Gasteiger partial charge in [-0.3, -0.25) is 10.1 Å². The molecule has 1 aromatic carbocycles. The van der Waals surface area contributed by atoms with Crippen molar-refractivity contribution in [1.82, 2.24) is 4.72 Å². The molecule has 0 aliphatic heterocycles. The van der Waals surface area contributed by atoms with E-state index in [-0.39, 0.29) is 17.2 Å². The average Bonchev–Trinajstić information content (AvgIpc) is 2.36. The van der Waals surface area contributed by atoms with E-state index < -0.39 is 26.2 Å². The van der Waals surface area contributed by atoms with Crippen LogP contribution in [0.4, 0.5) is 5.69 Å². The first kappa shape index (κ1) is 16.3. The Morgan fingerprint density at radius 2 is 2.05 bits per heavy atom. The van der Waals surface area contributed by atoms with Crippen molar-refractivity contribution < 1.29 is 18.1 Å². The maximum Gasteiger partial charge on any atom is 0.312 e. The molecule has 0 atom stereocenters. The fourth-order valence-electron chi connectivity index (χ4n) is 1.44. The standard InChI is InChI=1S/C11H17N3O5S/c1-11(2,7-12)13-20(17,18)8-4-5-10(19-3)9(6-8)14(15)16/h4-6,13H,7,12H2,1-3H3. The molecule has 0 radical (unpaired) electrons. The summed E-state index contributed by atoms with van der Waals surface area (Å²) in [5.41, 5.74) is 4.19. The number of methoxy groups -OCH3 is 1. The lowest BCUT2D eigenvalue weighted by atomic mass is 10.1. The zero-order chi connectivity index (χ0) is 15.6. The summed E-state index contributed by atoms with van der Waals surface area (Å²) in [6.07, 6.45) is 0. The van der Waals surface area contributed by atoms with Gasteiger partial charge in [-0.15, -0.1) is 0 Å². The molecule has 0 spiro atoms. The smallest absolute Gasteiger partial charge is 0.312 e. The van der Waals surface area contributed by atoms with Gasteiger partial charge in [0.1, 0.15) is 0 Å². The van der Waals surface area contributed by atoms with E-state index in [4.69, 9.17) is 10.5 Å². The van der Waals surface area contributed by atoms with Gasteiger partial charge in [-0.05, 0) is 26.0 Å².